The summed E-state index contributed by atoms with van der Waals surface area (Å²) >= 11 is 1.26. The molecule has 0 saturated heterocycles. The third-order valence-corrected chi connectivity index (χ3v) is 5.25. The van der Waals surface area contributed by atoms with Crippen molar-refractivity contribution in [2.24, 2.45) is 5.10 Å². The van der Waals surface area contributed by atoms with Crippen LogP contribution in [0.15, 0.2) is 52.7 Å². The third kappa shape index (κ3) is 5.60. The number of rotatable bonds is 9. The Balaban J connectivity index is 1.64. The Kier molecular flexibility index (Phi) is 7.60. The van der Waals surface area contributed by atoms with Crippen molar-refractivity contribution in [2.75, 3.05) is 20.0 Å². The fourth-order valence-corrected chi connectivity index (χ4v) is 3.55. The smallest absolute Gasteiger partial charge is 0.250 e. The lowest BCUT2D eigenvalue weighted by atomic mass is 10.2. The number of hydrazone groups is 1. The molecule has 0 saturated carbocycles. The number of carbonyl (C=O) groups excluding carboxylic acids is 1. The predicted octanol–water partition coefficient (Wildman–Crippen LogP) is 3.36. The van der Waals surface area contributed by atoms with Gasteiger partial charge in [0.1, 0.15) is 5.82 Å². The SMILES string of the molecule is CCn1c(SCC(=O)N/N=C\c2ccc(F)cc2)nnc1-c1ccc(OC)c(OC)c1. The average molecular weight is 444 g/mol. The standard InChI is InChI=1S/C21H22FN5O3S/c1-4-27-20(15-7-10-17(29-2)18(11-15)30-3)25-26-21(27)31-13-19(28)24-23-12-14-5-8-16(22)9-6-14/h5-12H,4,13H2,1-3H3,(H,24,28)/b23-12-. The Morgan fingerprint density at radius 1 is 1.16 bits per heavy atom. The maximum atomic E-state index is 12.9. The van der Waals surface area contributed by atoms with E-state index in [0.717, 1.165) is 5.56 Å². The van der Waals surface area contributed by atoms with Gasteiger partial charge in [0.15, 0.2) is 22.5 Å². The number of methoxy groups -OCH3 is 2. The molecule has 2 aromatic carbocycles. The van der Waals surface area contributed by atoms with E-state index in [4.69, 9.17) is 9.47 Å². The van der Waals surface area contributed by atoms with Crippen LogP contribution >= 0.6 is 11.8 Å². The zero-order chi connectivity index (χ0) is 22.2. The predicted molar refractivity (Wildman–Crippen MR) is 117 cm³/mol. The number of amides is 1. The molecular formula is C21H22FN5O3S. The molecule has 0 aliphatic carbocycles. The van der Waals surface area contributed by atoms with Gasteiger partial charge >= 0.3 is 0 Å². The Labute approximate surface area is 183 Å². The van der Waals surface area contributed by atoms with Gasteiger partial charge in [-0.25, -0.2) is 9.82 Å². The summed E-state index contributed by atoms with van der Waals surface area (Å²) < 4.78 is 25.5. The van der Waals surface area contributed by atoms with E-state index >= 15 is 0 Å². The summed E-state index contributed by atoms with van der Waals surface area (Å²) in [5.74, 6) is 1.39. The van der Waals surface area contributed by atoms with Crippen LogP contribution in [0.25, 0.3) is 11.4 Å². The number of aromatic nitrogens is 3. The van der Waals surface area contributed by atoms with Crippen LogP contribution in [-0.2, 0) is 11.3 Å². The summed E-state index contributed by atoms with van der Waals surface area (Å²) in [5.41, 5.74) is 3.95. The molecule has 162 valence electrons. The first-order chi connectivity index (χ1) is 15.0. The number of thioether (sulfide) groups is 1. The molecule has 8 nitrogen and oxygen atoms in total. The molecular weight excluding hydrogens is 421 g/mol. The number of nitrogens with one attached hydrogen (secondary N) is 1. The molecule has 1 N–H and O–H groups in total. The molecule has 0 aliphatic rings. The topological polar surface area (TPSA) is 90.6 Å². The van der Waals surface area contributed by atoms with Crippen LogP contribution < -0.4 is 14.9 Å². The zero-order valence-corrected chi connectivity index (χ0v) is 18.1. The maximum Gasteiger partial charge on any atom is 0.250 e. The molecule has 0 atom stereocenters. The Bertz CT molecular complexity index is 1070. The second-order valence-corrected chi connectivity index (χ2v) is 7.20. The van der Waals surface area contributed by atoms with Gasteiger partial charge in [-0.3, -0.25) is 4.79 Å². The van der Waals surface area contributed by atoms with E-state index in [9.17, 15) is 9.18 Å². The van der Waals surface area contributed by atoms with Gasteiger partial charge in [-0.15, -0.1) is 10.2 Å². The molecule has 0 radical (unpaired) electrons. The highest BCUT2D eigenvalue weighted by Gasteiger charge is 2.16. The zero-order valence-electron chi connectivity index (χ0n) is 17.3. The van der Waals surface area contributed by atoms with Gasteiger partial charge in [0.2, 0.25) is 0 Å². The second-order valence-electron chi connectivity index (χ2n) is 6.25. The Morgan fingerprint density at radius 2 is 1.90 bits per heavy atom. The molecule has 0 fully saturated rings. The number of benzene rings is 2. The van der Waals surface area contributed by atoms with Gasteiger partial charge in [-0.2, -0.15) is 5.10 Å². The first-order valence-electron chi connectivity index (χ1n) is 9.41. The number of carbonyl (C=O) groups is 1. The van der Waals surface area contributed by atoms with Gasteiger partial charge in [-0.05, 0) is 42.8 Å². The van der Waals surface area contributed by atoms with Gasteiger partial charge in [0.05, 0.1) is 26.2 Å². The van der Waals surface area contributed by atoms with Crippen molar-refractivity contribution in [3.05, 3.63) is 53.8 Å². The lowest BCUT2D eigenvalue weighted by Crippen LogP contribution is -2.20. The molecule has 0 spiro atoms. The minimum Gasteiger partial charge on any atom is -0.493 e. The number of ether oxygens (including phenoxy) is 2. The lowest BCUT2D eigenvalue weighted by molar-refractivity contribution is -0.118. The van der Waals surface area contributed by atoms with Gasteiger partial charge in [0, 0.05) is 12.1 Å². The minimum atomic E-state index is -0.329. The highest BCUT2D eigenvalue weighted by Crippen LogP contribution is 2.32. The van der Waals surface area contributed by atoms with Crippen molar-refractivity contribution >= 4 is 23.9 Å². The third-order valence-electron chi connectivity index (χ3n) is 4.28. The van der Waals surface area contributed by atoms with E-state index in [2.05, 4.69) is 20.7 Å². The van der Waals surface area contributed by atoms with Gasteiger partial charge in [0.25, 0.3) is 5.91 Å². The lowest BCUT2D eigenvalue weighted by Gasteiger charge is -2.10. The molecule has 3 rings (SSSR count). The second kappa shape index (κ2) is 10.6. The summed E-state index contributed by atoms with van der Waals surface area (Å²) in [7, 11) is 3.15. The fourth-order valence-electron chi connectivity index (χ4n) is 2.76. The summed E-state index contributed by atoms with van der Waals surface area (Å²) in [6, 6.07) is 11.3. The first kappa shape index (κ1) is 22.3. The average Bonchev–Trinajstić information content (AvgIpc) is 3.21. The number of hydrogen-bond donors (Lipinski definition) is 1. The van der Waals surface area contributed by atoms with E-state index in [-0.39, 0.29) is 17.5 Å². The quantitative estimate of drug-likeness (QED) is 0.310. The monoisotopic (exact) mass is 443 g/mol. The first-order valence-corrected chi connectivity index (χ1v) is 10.4. The van der Waals surface area contributed by atoms with E-state index in [1.54, 1.807) is 26.4 Å². The van der Waals surface area contributed by atoms with Crippen LogP contribution in [0.4, 0.5) is 4.39 Å². The maximum absolute atomic E-state index is 12.9. The van der Waals surface area contributed by atoms with Crippen LogP contribution in [0.1, 0.15) is 12.5 Å². The number of halogens is 1. The van der Waals surface area contributed by atoms with Gasteiger partial charge < -0.3 is 14.0 Å². The largest absolute Gasteiger partial charge is 0.493 e. The molecule has 0 unspecified atom stereocenters. The van der Waals surface area contributed by atoms with Crippen LogP contribution in [-0.4, -0.2) is 46.9 Å². The highest BCUT2D eigenvalue weighted by atomic mass is 32.2. The van der Waals surface area contributed by atoms with E-state index in [0.29, 0.717) is 34.6 Å². The van der Waals surface area contributed by atoms with Crippen LogP contribution in [0.2, 0.25) is 0 Å². The molecule has 3 aromatic rings. The molecule has 31 heavy (non-hydrogen) atoms. The van der Waals surface area contributed by atoms with E-state index < -0.39 is 0 Å². The summed E-state index contributed by atoms with van der Waals surface area (Å²) in [4.78, 5) is 12.1. The van der Waals surface area contributed by atoms with Crippen LogP contribution in [0.5, 0.6) is 11.5 Å². The number of nitrogens with zero attached hydrogens (tertiary/aromatic N) is 4. The number of hydrogen-bond acceptors (Lipinski definition) is 7. The van der Waals surface area contributed by atoms with E-state index in [1.165, 1.54) is 30.1 Å². The Morgan fingerprint density at radius 3 is 2.58 bits per heavy atom. The summed E-state index contributed by atoms with van der Waals surface area (Å²) in [6.07, 6.45) is 1.45. The van der Waals surface area contributed by atoms with Crippen molar-refractivity contribution in [3.8, 4) is 22.9 Å². The molecule has 0 aliphatic heterocycles. The minimum absolute atomic E-state index is 0.116. The normalized spacial score (nSPS) is 11.0. The van der Waals surface area contributed by atoms with Crippen molar-refractivity contribution in [1.29, 1.82) is 0 Å². The van der Waals surface area contributed by atoms with Crippen LogP contribution in [0, 0.1) is 5.82 Å². The van der Waals surface area contributed by atoms with Gasteiger partial charge in [-0.1, -0.05) is 23.9 Å². The molecule has 1 amide bonds. The summed E-state index contributed by atoms with van der Waals surface area (Å²) in [5, 5.41) is 13.0. The van der Waals surface area contributed by atoms with Crippen molar-refractivity contribution in [2.45, 2.75) is 18.6 Å². The Hall–Kier alpha value is -3.40. The van der Waals surface area contributed by atoms with Crippen molar-refractivity contribution in [1.82, 2.24) is 20.2 Å². The van der Waals surface area contributed by atoms with Crippen molar-refractivity contribution < 1.29 is 18.7 Å². The van der Waals surface area contributed by atoms with Crippen LogP contribution in [0.3, 0.4) is 0 Å². The van der Waals surface area contributed by atoms with Crippen molar-refractivity contribution in [3.63, 3.8) is 0 Å². The fraction of sp³-hybridized carbons (Fsp3) is 0.238. The molecule has 0 bridgehead atoms. The molecule has 1 heterocycles. The highest BCUT2D eigenvalue weighted by molar-refractivity contribution is 7.99. The van der Waals surface area contributed by atoms with E-state index in [1.807, 2.05) is 29.7 Å². The summed E-state index contributed by atoms with van der Waals surface area (Å²) in [6.45, 7) is 2.61. The molecule has 10 heteroatoms. The molecule has 1 aromatic heterocycles.